The Morgan fingerprint density at radius 2 is 1.75 bits per heavy atom. The van der Waals surface area contributed by atoms with E-state index in [9.17, 15) is 0 Å². The van der Waals surface area contributed by atoms with Gasteiger partial charge in [0.2, 0.25) is 0 Å². The summed E-state index contributed by atoms with van der Waals surface area (Å²) in [5.74, 6) is 0.881. The molecule has 12 heavy (non-hydrogen) atoms. The molecule has 1 saturated carbocycles. The van der Waals surface area contributed by atoms with E-state index in [4.69, 9.17) is 10.5 Å². The van der Waals surface area contributed by atoms with E-state index >= 15 is 0 Å². The average molecular weight is 169 g/mol. The van der Waals surface area contributed by atoms with Crippen LogP contribution >= 0.6 is 0 Å². The molecule has 0 radical (unpaired) electrons. The number of ether oxygens (including phenoxy) is 1. The van der Waals surface area contributed by atoms with Crippen LogP contribution in [0.2, 0.25) is 0 Å². The lowest BCUT2D eigenvalue weighted by molar-refractivity contribution is -0.141. The second kappa shape index (κ2) is 3.00. The fourth-order valence-electron chi connectivity index (χ4n) is 2.48. The number of rotatable bonds is 1. The minimum Gasteiger partial charge on any atom is -0.380 e. The molecule has 70 valence electrons. The predicted octanol–water partition coefficient (Wildman–Crippen LogP) is 1.54. The van der Waals surface area contributed by atoms with Crippen molar-refractivity contribution < 1.29 is 4.74 Å². The minimum atomic E-state index is 0.478. The minimum absolute atomic E-state index is 0.478. The summed E-state index contributed by atoms with van der Waals surface area (Å²) in [6.07, 6.45) is 5.09. The van der Waals surface area contributed by atoms with E-state index in [0.717, 1.165) is 19.1 Å². The zero-order chi connectivity index (χ0) is 8.60. The highest BCUT2D eigenvalue weighted by Gasteiger charge is 2.41. The first-order valence-corrected chi connectivity index (χ1v) is 5.04. The number of hydrogen-bond donors (Lipinski definition) is 1. The van der Waals surface area contributed by atoms with E-state index in [-0.39, 0.29) is 0 Å². The summed E-state index contributed by atoms with van der Waals surface area (Å²) in [6.45, 7) is 4.32. The quantitative estimate of drug-likeness (QED) is 0.646. The molecule has 2 fully saturated rings. The van der Waals surface area contributed by atoms with Gasteiger partial charge in [0, 0.05) is 11.5 Å². The molecule has 2 N–H and O–H groups in total. The third-order valence-corrected chi connectivity index (χ3v) is 3.62. The van der Waals surface area contributed by atoms with Gasteiger partial charge in [0.05, 0.1) is 13.2 Å². The zero-order valence-corrected chi connectivity index (χ0v) is 7.88. The molecule has 1 saturated heterocycles. The second-order valence-corrected chi connectivity index (χ2v) is 4.76. The fraction of sp³-hybridized carbons (Fsp3) is 1.00. The molecule has 0 aromatic carbocycles. The second-order valence-electron chi connectivity index (χ2n) is 4.76. The van der Waals surface area contributed by atoms with Crippen LogP contribution in [-0.2, 0) is 4.74 Å². The third kappa shape index (κ3) is 1.38. The Morgan fingerprint density at radius 3 is 2.17 bits per heavy atom. The summed E-state index contributed by atoms with van der Waals surface area (Å²) < 4.78 is 5.29. The summed E-state index contributed by atoms with van der Waals surface area (Å²) in [7, 11) is 0. The Hall–Kier alpha value is -0.0800. The molecular formula is C10H19NO. The molecule has 0 spiro atoms. The summed E-state index contributed by atoms with van der Waals surface area (Å²) in [5, 5.41) is 0. The lowest BCUT2D eigenvalue weighted by Crippen LogP contribution is -2.47. The van der Waals surface area contributed by atoms with E-state index in [1.54, 1.807) is 0 Å². The van der Waals surface area contributed by atoms with Crippen LogP contribution in [0, 0.1) is 11.3 Å². The van der Waals surface area contributed by atoms with Crippen LogP contribution in [0.15, 0.2) is 0 Å². The molecule has 2 rings (SSSR count). The van der Waals surface area contributed by atoms with E-state index in [2.05, 4.69) is 6.92 Å². The molecule has 0 unspecified atom stereocenters. The molecule has 2 nitrogen and oxygen atoms in total. The molecule has 0 bridgehead atoms. The van der Waals surface area contributed by atoms with Gasteiger partial charge < -0.3 is 10.5 Å². The average Bonchev–Trinajstić information content (AvgIpc) is 2.02. The molecular weight excluding hydrogens is 150 g/mol. The van der Waals surface area contributed by atoms with Crippen LogP contribution in [0.5, 0.6) is 0 Å². The first-order valence-electron chi connectivity index (χ1n) is 5.04. The van der Waals surface area contributed by atoms with Gasteiger partial charge in [-0.05, 0) is 31.6 Å². The van der Waals surface area contributed by atoms with Gasteiger partial charge >= 0.3 is 0 Å². The maximum absolute atomic E-state index is 5.87. The van der Waals surface area contributed by atoms with Crippen molar-refractivity contribution in [1.82, 2.24) is 0 Å². The standard InChI is InChI=1S/C10H19NO/c1-10(6-12-7-10)8-2-4-9(11)5-3-8/h8-9H,2-7,11H2,1H3. The number of nitrogens with two attached hydrogens (primary N) is 1. The fourth-order valence-corrected chi connectivity index (χ4v) is 2.48. The normalized spacial score (nSPS) is 40.5. The Balaban J connectivity index is 1.88. The molecule has 0 aromatic rings. The van der Waals surface area contributed by atoms with E-state index in [1.807, 2.05) is 0 Å². The maximum atomic E-state index is 5.87. The molecule has 1 heterocycles. The smallest absolute Gasteiger partial charge is 0.0544 e. The van der Waals surface area contributed by atoms with Gasteiger partial charge in [0.15, 0.2) is 0 Å². The van der Waals surface area contributed by atoms with Crippen LogP contribution < -0.4 is 5.73 Å². The highest BCUT2D eigenvalue weighted by atomic mass is 16.5. The molecule has 0 aromatic heterocycles. The molecule has 0 atom stereocenters. The van der Waals surface area contributed by atoms with Crippen LogP contribution in [0.4, 0.5) is 0 Å². The SMILES string of the molecule is CC1(C2CCC(N)CC2)COC1. The van der Waals surface area contributed by atoms with Crippen LogP contribution in [-0.4, -0.2) is 19.3 Å². The first kappa shape index (κ1) is 8.52. The van der Waals surface area contributed by atoms with Gasteiger partial charge in [-0.3, -0.25) is 0 Å². The monoisotopic (exact) mass is 169 g/mol. The Bertz CT molecular complexity index is 157. The van der Waals surface area contributed by atoms with Crippen molar-refractivity contribution in [3.63, 3.8) is 0 Å². The van der Waals surface area contributed by atoms with Crippen molar-refractivity contribution in [1.29, 1.82) is 0 Å². The highest BCUT2D eigenvalue weighted by molar-refractivity contribution is 4.91. The summed E-state index contributed by atoms with van der Waals surface area (Å²) >= 11 is 0. The summed E-state index contributed by atoms with van der Waals surface area (Å²) in [5.41, 5.74) is 6.37. The summed E-state index contributed by atoms with van der Waals surface area (Å²) in [6, 6.07) is 0.478. The Morgan fingerprint density at radius 1 is 1.17 bits per heavy atom. The van der Waals surface area contributed by atoms with Gasteiger partial charge in [-0.25, -0.2) is 0 Å². The van der Waals surface area contributed by atoms with Crippen molar-refractivity contribution in [3.05, 3.63) is 0 Å². The van der Waals surface area contributed by atoms with Gasteiger partial charge in [-0.1, -0.05) is 6.92 Å². The van der Waals surface area contributed by atoms with E-state index in [0.29, 0.717) is 11.5 Å². The Labute approximate surface area is 74.5 Å². The van der Waals surface area contributed by atoms with E-state index < -0.39 is 0 Å². The van der Waals surface area contributed by atoms with Crippen molar-refractivity contribution in [3.8, 4) is 0 Å². The highest BCUT2D eigenvalue weighted by Crippen LogP contribution is 2.42. The lowest BCUT2D eigenvalue weighted by atomic mass is 9.68. The van der Waals surface area contributed by atoms with Gasteiger partial charge in [0.1, 0.15) is 0 Å². The van der Waals surface area contributed by atoms with Gasteiger partial charge in [-0.15, -0.1) is 0 Å². The summed E-state index contributed by atoms with van der Waals surface area (Å²) in [4.78, 5) is 0. The predicted molar refractivity (Wildman–Crippen MR) is 48.9 cm³/mol. The van der Waals surface area contributed by atoms with Crippen LogP contribution in [0.3, 0.4) is 0 Å². The molecule has 0 amide bonds. The largest absolute Gasteiger partial charge is 0.380 e. The van der Waals surface area contributed by atoms with Crippen molar-refractivity contribution >= 4 is 0 Å². The molecule has 1 aliphatic heterocycles. The van der Waals surface area contributed by atoms with E-state index in [1.165, 1.54) is 25.7 Å². The molecule has 2 heteroatoms. The zero-order valence-electron chi connectivity index (χ0n) is 7.88. The lowest BCUT2D eigenvalue weighted by Gasteiger charge is -2.46. The van der Waals surface area contributed by atoms with Gasteiger partial charge in [0.25, 0.3) is 0 Å². The topological polar surface area (TPSA) is 35.2 Å². The third-order valence-electron chi connectivity index (χ3n) is 3.62. The maximum Gasteiger partial charge on any atom is 0.0544 e. The van der Waals surface area contributed by atoms with Crippen molar-refractivity contribution in [2.24, 2.45) is 17.1 Å². The number of hydrogen-bond acceptors (Lipinski definition) is 2. The van der Waals surface area contributed by atoms with Crippen molar-refractivity contribution in [2.75, 3.05) is 13.2 Å². The molecule has 2 aliphatic rings. The first-order chi connectivity index (χ1) is 5.71. The van der Waals surface area contributed by atoms with Crippen LogP contribution in [0.25, 0.3) is 0 Å². The van der Waals surface area contributed by atoms with Gasteiger partial charge in [-0.2, -0.15) is 0 Å². The van der Waals surface area contributed by atoms with Crippen LogP contribution in [0.1, 0.15) is 32.6 Å². The van der Waals surface area contributed by atoms with Crippen molar-refractivity contribution in [2.45, 2.75) is 38.6 Å². The Kier molecular flexibility index (Phi) is 2.13. The molecule has 1 aliphatic carbocycles.